The van der Waals surface area contributed by atoms with E-state index in [0.29, 0.717) is 16.4 Å². The standard InChI is InChI=1S/C26H23ClN6O2.ClH/c27-20-12-18(25(34)32-21-5-1-3-16(14-21)23-28-7-8-29-23)11-19(13-20)26(35)33-22-6-2-4-17(15-22)24-30-9-10-31-24;/h1-6,11-15H,7-10H2,(H,28,29)(H,30,31)(H,32,34)(H,33,35);1H. The highest BCUT2D eigenvalue weighted by atomic mass is 35.5. The minimum Gasteiger partial charge on any atom is -0.368 e. The van der Waals surface area contributed by atoms with Gasteiger partial charge in [0.15, 0.2) is 0 Å². The van der Waals surface area contributed by atoms with Crippen molar-refractivity contribution in [3.05, 3.63) is 94.0 Å². The number of carbonyl (C=O) groups excluding carboxylic acids is 2. The number of nitrogens with one attached hydrogen (secondary N) is 4. The lowest BCUT2D eigenvalue weighted by Gasteiger charge is -2.11. The number of carbonyl (C=O) groups is 2. The minimum absolute atomic E-state index is 0. The lowest BCUT2D eigenvalue weighted by atomic mass is 10.1. The SMILES string of the molecule is Cl.O=C(Nc1cccc(C2=NCCN2)c1)c1cc(Cl)cc(C(=O)Nc2cccc(C3=NCCN3)c2)c1. The smallest absolute Gasteiger partial charge is 0.255 e. The highest BCUT2D eigenvalue weighted by Crippen LogP contribution is 2.20. The molecule has 184 valence electrons. The molecule has 0 saturated heterocycles. The molecule has 0 bridgehead atoms. The van der Waals surface area contributed by atoms with Crippen molar-refractivity contribution in [3.8, 4) is 0 Å². The lowest BCUT2D eigenvalue weighted by Crippen LogP contribution is -2.20. The van der Waals surface area contributed by atoms with Gasteiger partial charge >= 0.3 is 0 Å². The Bertz CT molecular complexity index is 1270. The van der Waals surface area contributed by atoms with Crippen LogP contribution < -0.4 is 21.3 Å². The summed E-state index contributed by atoms with van der Waals surface area (Å²) < 4.78 is 0. The van der Waals surface area contributed by atoms with Gasteiger partial charge in [-0.2, -0.15) is 0 Å². The normalized spacial score (nSPS) is 14.0. The van der Waals surface area contributed by atoms with Crippen LogP contribution in [0, 0.1) is 0 Å². The topological polar surface area (TPSA) is 107 Å². The third-order valence-electron chi connectivity index (χ3n) is 5.56. The van der Waals surface area contributed by atoms with Crippen molar-refractivity contribution < 1.29 is 9.59 Å². The van der Waals surface area contributed by atoms with Gasteiger partial charge in [0.1, 0.15) is 11.7 Å². The predicted octanol–water partition coefficient (Wildman–Crippen LogP) is 3.97. The first-order valence-electron chi connectivity index (χ1n) is 11.3. The fourth-order valence-corrected chi connectivity index (χ4v) is 4.16. The number of hydrogen-bond acceptors (Lipinski definition) is 6. The van der Waals surface area contributed by atoms with Gasteiger partial charge in [0.05, 0.1) is 13.1 Å². The van der Waals surface area contributed by atoms with E-state index in [0.717, 1.165) is 49.0 Å². The van der Waals surface area contributed by atoms with Gasteiger partial charge < -0.3 is 21.3 Å². The Hall–Kier alpha value is -3.88. The first kappa shape index (κ1) is 25.2. The summed E-state index contributed by atoms with van der Waals surface area (Å²) >= 11 is 6.26. The molecule has 0 atom stereocenters. The maximum atomic E-state index is 13.0. The highest BCUT2D eigenvalue weighted by molar-refractivity contribution is 6.31. The quantitative estimate of drug-likeness (QED) is 0.392. The first-order valence-corrected chi connectivity index (χ1v) is 11.6. The molecule has 3 aromatic carbocycles. The van der Waals surface area contributed by atoms with E-state index in [2.05, 4.69) is 31.3 Å². The second-order valence-corrected chi connectivity index (χ2v) is 8.55. The molecule has 0 radical (unpaired) electrons. The van der Waals surface area contributed by atoms with Gasteiger partial charge in [-0.15, -0.1) is 12.4 Å². The van der Waals surface area contributed by atoms with Crippen LogP contribution in [0.15, 0.2) is 76.7 Å². The lowest BCUT2D eigenvalue weighted by molar-refractivity contribution is 0.102. The summed E-state index contributed by atoms with van der Waals surface area (Å²) in [5.41, 5.74) is 3.59. The molecule has 0 aromatic heterocycles. The fourth-order valence-electron chi connectivity index (χ4n) is 3.93. The van der Waals surface area contributed by atoms with E-state index in [4.69, 9.17) is 11.6 Å². The van der Waals surface area contributed by atoms with Crippen molar-refractivity contribution in [2.75, 3.05) is 36.8 Å². The Morgan fingerprint density at radius 2 is 1.19 bits per heavy atom. The second kappa shape index (κ2) is 11.2. The van der Waals surface area contributed by atoms with Crippen molar-refractivity contribution in [2.24, 2.45) is 9.98 Å². The highest BCUT2D eigenvalue weighted by Gasteiger charge is 2.15. The molecule has 5 rings (SSSR count). The molecule has 8 nitrogen and oxygen atoms in total. The number of rotatable bonds is 6. The molecule has 0 spiro atoms. The largest absolute Gasteiger partial charge is 0.368 e. The van der Waals surface area contributed by atoms with Crippen molar-refractivity contribution in [2.45, 2.75) is 0 Å². The number of aliphatic imine (C=N–C) groups is 2. The molecule has 0 saturated carbocycles. The van der Waals surface area contributed by atoms with Gasteiger partial charge in [-0.25, -0.2) is 0 Å². The van der Waals surface area contributed by atoms with Crippen molar-refractivity contribution >= 4 is 58.9 Å². The van der Waals surface area contributed by atoms with Crippen LogP contribution in [0.25, 0.3) is 0 Å². The van der Waals surface area contributed by atoms with E-state index in [1.54, 1.807) is 12.1 Å². The number of benzene rings is 3. The molecule has 3 aromatic rings. The average molecular weight is 523 g/mol. The monoisotopic (exact) mass is 522 g/mol. The van der Waals surface area contributed by atoms with E-state index >= 15 is 0 Å². The zero-order valence-corrected chi connectivity index (χ0v) is 20.7. The number of nitrogens with zero attached hydrogens (tertiary/aromatic N) is 2. The zero-order valence-electron chi connectivity index (χ0n) is 19.2. The summed E-state index contributed by atoms with van der Waals surface area (Å²) in [6.45, 7) is 3.06. The Labute approximate surface area is 219 Å². The number of amidine groups is 2. The van der Waals surface area contributed by atoms with Gasteiger partial charge in [-0.1, -0.05) is 35.9 Å². The molecule has 2 amide bonds. The van der Waals surface area contributed by atoms with Crippen LogP contribution in [0.2, 0.25) is 5.02 Å². The Morgan fingerprint density at radius 1 is 0.722 bits per heavy atom. The Kier molecular flexibility index (Phi) is 7.87. The molecule has 10 heteroatoms. The third kappa shape index (κ3) is 5.84. The third-order valence-corrected chi connectivity index (χ3v) is 5.78. The first-order chi connectivity index (χ1) is 17.0. The molecule has 2 aliphatic heterocycles. The molecule has 4 N–H and O–H groups in total. The molecule has 2 heterocycles. The van der Waals surface area contributed by atoms with Crippen LogP contribution in [-0.2, 0) is 0 Å². The predicted molar refractivity (Wildman–Crippen MR) is 146 cm³/mol. The van der Waals surface area contributed by atoms with E-state index in [1.165, 1.54) is 18.2 Å². The number of anilines is 2. The summed E-state index contributed by atoms with van der Waals surface area (Å²) in [5, 5.41) is 12.5. The molecule has 2 aliphatic rings. The van der Waals surface area contributed by atoms with E-state index in [1.807, 2.05) is 36.4 Å². The summed E-state index contributed by atoms with van der Waals surface area (Å²) in [5.74, 6) is 0.880. The average Bonchev–Trinajstić information content (AvgIpc) is 3.59. The Balaban J connectivity index is 0.00000304. The summed E-state index contributed by atoms with van der Waals surface area (Å²) in [4.78, 5) is 34.7. The van der Waals surface area contributed by atoms with Crippen molar-refractivity contribution in [1.29, 1.82) is 0 Å². The summed E-state index contributed by atoms with van der Waals surface area (Å²) in [6.07, 6.45) is 0. The van der Waals surface area contributed by atoms with Crippen LogP contribution in [0.5, 0.6) is 0 Å². The molecule has 0 aliphatic carbocycles. The molecule has 0 unspecified atom stereocenters. The summed E-state index contributed by atoms with van der Waals surface area (Å²) in [6, 6.07) is 19.4. The van der Waals surface area contributed by atoms with Crippen LogP contribution in [0.1, 0.15) is 31.8 Å². The van der Waals surface area contributed by atoms with E-state index < -0.39 is 0 Å². The minimum atomic E-state index is -0.368. The number of hydrogen-bond donors (Lipinski definition) is 4. The van der Waals surface area contributed by atoms with Crippen LogP contribution in [0.3, 0.4) is 0 Å². The van der Waals surface area contributed by atoms with Gasteiger partial charge in [-0.05, 0) is 42.5 Å². The van der Waals surface area contributed by atoms with E-state index in [-0.39, 0.29) is 35.3 Å². The van der Waals surface area contributed by atoms with Crippen molar-refractivity contribution in [1.82, 2.24) is 10.6 Å². The zero-order chi connectivity index (χ0) is 24.2. The van der Waals surface area contributed by atoms with Gasteiger partial charge in [-0.3, -0.25) is 19.6 Å². The fraction of sp³-hybridized carbons (Fsp3) is 0.154. The molecular formula is C26H24Cl2N6O2. The summed E-state index contributed by atoms with van der Waals surface area (Å²) in [7, 11) is 0. The van der Waals surface area contributed by atoms with Gasteiger partial charge in [0.2, 0.25) is 0 Å². The molecule has 36 heavy (non-hydrogen) atoms. The van der Waals surface area contributed by atoms with Gasteiger partial charge in [0, 0.05) is 51.7 Å². The maximum absolute atomic E-state index is 13.0. The van der Waals surface area contributed by atoms with Crippen LogP contribution >= 0.6 is 24.0 Å². The number of halogens is 2. The second-order valence-electron chi connectivity index (χ2n) is 8.11. The van der Waals surface area contributed by atoms with Gasteiger partial charge in [0.25, 0.3) is 11.8 Å². The maximum Gasteiger partial charge on any atom is 0.255 e. The van der Waals surface area contributed by atoms with Crippen molar-refractivity contribution in [3.63, 3.8) is 0 Å². The van der Waals surface area contributed by atoms with E-state index in [9.17, 15) is 9.59 Å². The van der Waals surface area contributed by atoms with Crippen LogP contribution in [0.4, 0.5) is 11.4 Å². The Morgan fingerprint density at radius 3 is 1.61 bits per heavy atom. The number of amides is 2. The molecule has 0 fully saturated rings. The van der Waals surface area contributed by atoms with Crippen LogP contribution in [-0.4, -0.2) is 49.7 Å². The molecular weight excluding hydrogens is 499 g/mol.